The van der Waals surface area contributed by atoms with Crippen molar-refractivity contribution in [2.45, 2.75) is 6.92 Å². The molecule has 7 heteroatoms. The van der Waals surface area contributed by atoms with Gasteiger partial charge in [0.25, 0.3) is 0 Å². The standard InChI is InChI=1S/C14H10ClN5S/c1-7-4-9-12(19-14(17)20-13(9)21-7)18-11-3-2-8(6-16)5-10(11)15/h2-5H,1H3,(H3,17,18,19,20). The van der Waals surface area contributed by atoms with Crippen molar-refractivity contribution >= 4 is 50.6 Å². The second-order valence-electron chi connectivity index (χ2n) is 4.44. The van der Waals surface area contributed by atoms with Crippen LogP contribution in [0.1, 0.15) is 10.4 Å². The Hall–Kier alpha value is -2.36. The van der Waals surface area contributed by atoms with Crippen molar-refractivity contribution < 1.29 is 0 Å². The van der Waals surface area contributed by atoms with E-state index in [0.717, 1.165) is 15.1 Å². The van der Waals surface area contributed by atoms with E-state index in [2.05, 4.69) is 15.3 Å². The van der Waals surface area contributed by atoms with Crippen LogP contribution in [0, 0.1) is 18.3 Å². The van der Waals surface area contributed by atoms with Gasteiger partial charge in [-0.15, -0.1) is 11.3 Å². The molecule has 0 radical (unpaired) electrons. The van der Waals surface area contributed by atoms with E-state index in [1.165, 1.54) is 0 Å². The molecule has 0 unspecified atom stereocenters. The quantitative estimate of drug-likeness (QED) is 0.750. The van der Waals surface area contributed by atoms with E-state index in [9.17, 15) is 0 Å². The Kier molecular flexibility index (Phi) is 3.37. The van der Waals surface area contributed by atoms with Gasteiger partial charge in [-0.25, -0.2) is 4.98 Å². The molecule has 0 amide bonds. The number of rotatable bonds is 2. The van der Waals surface area contributed by atoms with E-state index in [0.29, 0.717) is 22.1 Å². The summed E-state index contributed by atoms with van der Waals surface area (Å²) >= 11 is 7.72. The first-order valence-electron chi connectivity index (χ1n) is 6.07. The molecule has 3 rings (SSSR count). The molecule has 0 aliphatic rings. The Morgan fingerprint density at radius 1 is 1.33 bits per heavy atom. The number of halogens is 1. The SMILES string of the molecule is Cc1cc2c(Nc3ccc(C#N)cc3Cl)nc(N)nc2s1. The zero-order valence-electron chi connectivity index (χ0n) is 11.0. The largest absolute Gasteiger partial charge is 0.368 e. The van der Waals surface area contributed by atoms with Gasteiger partial charge in [-0.2, -0.15) is 10.2 Å². The lowest BCUT2D eigenvalue weighted by atomic mass is 10.2. The van der Waals surface area contributed by atoms with Gasteiger partial charge in [0.1, 0.15) is 10.6 Å². The van der Waals surface area contributed by atoms with Crippen molar-refractivity contribution in [3.05, 3.63) is 39.7 Å². The summed E-state index contributed by atoms with van der Waals surface area (Å²) in [4.78, 5) is 10.4. The summed E-state index contributed by atoms with van der Waals surface area (Å²) in [6, 6.07) is 9.08. The number of nitrogens with two attached hydrogens (primary N) is 1. The molecular weight excluding hydrogens is 306 g/mol. The number of hydrogen-bond donors (Lipinski definition) is 2. The predicted octanol–water partition coefficient (Wildman–Crippen LogP) is 3.85. The van der Waals surface area contributed by atoms with E-state index in [1.54, 1.807) is 29.5 Å². The van der Waals surface area contributed by atoms with Gasteiger partial charge in [-0.3, -0.25) is 0 Å². The maximum absolute atomic E-state index is 8.86. The minimum Gasteiger partial charge on any atom is -0.368 e. The first kappa shape index (κ1) is 13.6. The smallest absolute Gasteiger partial charge is 0.223 e. The molecule has 0 aliphatic heterocycles. The second-order valence-corrected chi connectivity index (χ2v) is 6.08. The van der Waals surface area contributed by atoms with E-state index in [4.69, 9.17) is 22.6 Å². The van der Waals surface area contributed by atoms with Crippen molar-refractivity contribution in [3.63, 3.8) is 0 Å². The van der Waals surface area contributed by atoms with E-state index >= 15 is 0 Å². The van der Waals surface area contributed by atoms with Gasteiger partial charge in [-0.05, 0) is 31.2 Å². The Labute approximate surface area is 130 Å². The van der Waals surface area contributed by atoms with Gasteiger partial charge < -0.3 is 11.1 Å². The Balaban J connectivity index is 2.08. The van der Waals surface area contributed by atoms with Gasteiger partial charge in [0.05, 0.1) is 27.7 Å². The number of hydrogen-bond acceptors (Lipinski definition) is 6. The molecule has 0 saturated heterocycles. The molecule has 3 aromatic rings. The van der Waals surface area contributed by atoms with Crippen LogP contribution >= 0.6 is 22.9 Å². The zero-order chi connectivity index (χ0) is 15.0. The van der Waals surface area contributed by atoms with Crippen molar-refractivity contribution in [2.24, 2.45) is 0 Å². The molecule has 0 aliphatic carbocycles. The fourth-order valence-electron chi connectivity index (χ4n) is 1.97. The normalized spacial score (nSPS) is 10.5. The van der Waals surface area contributed by atoms with Crippen LogP contribution in [-0.4, -0.2) is 9.97 Å². The average Bonchev–Trinajstić information content (AvgIpc) is 2.81. The summed E-state index contributed by atoms with van der Waals surface area (Å²) in [6.07, 6.45) is 0. The van der Waals surface area contributed by atoms with Gasteiger partial charge >= 0.3 is 0 Å². The summed E-state index contributed by atoms with van der Waals surface area (Å²) in [6.45, 7) is 2.00. The van der Waals surface area contributed by atoms with Crippen LogP contribution < -0.4 is 11.1 Å². The summed E-state index contributed by atoms with van der Waals surface area (Å²) in [5.74, 6) is 0.810. The fraction of sp³-hybridized carbons (Fsp3) is 0.0714. The van der Waals surface area contributed by atoms with Crippen molar-refractivity contribution in [2.75, 3.05) is 11.1 Å². The highest BCUT2D eigenvalue weighted by molar-refractivity contribution is 7.18. The lowest BCUT2D eigenvalue weighted by Gasteiger charge is -2.09. The van der Waals surface area contributed by atoms with Crippen LogP contribution in [0.3, 0.4) is 0 Å². The summed E-state index contributed by atoms with van der Waals surface area (Å²) < 4.78 is 0. The van der Waals surface area contributed by atoms with E-state index in [-0.39, 0.29) is 5.95 Å². The highest BCUT2D eigenvalue weighted by Gasteiger charge is 2.11. The summed E-state index contributed by atoms with van der Waals surface area (Å²) in [5, 5.41) is 13.4. The minimum atomic E-state index is 0.205. The fourth-order valence-corrected chi connectivity index (χ4v) is 3.08. The van der Waals surface area contributed by atoms with Gasteiger partial charge in [0.2, 0.25) is 5.95 Å². The van der Waals surface area contributed by atoms with Crippen LogP contribution in [0.25, 0.3) is 10.2 Å². The van der Waals surface area contributed by atoms with E-state index < -0.39 is 0 Å². The number of anilines is 3. The van der Waals surface area contributed by atoms with Crippen LogP contribution in [0.5, 0.6) is 0 Å². The van der Waals surface area contributed by atoms with Crippen LogP contribution in [0.15, 0.2) is 24.3 Å². The topological polar surface area (TPSA) is 87.6 Å². The Morgan fingerprint density at radius 2 is 2.14 bits per heavy atom. The maximum atomic E-state index is 8.86. The number of nitriles is 1. The predicted molar refractivity (Wildman–Crippen MR) is 86.0 cm³/mol. The zero-order valence-corrected chi connectivity index (χ0v) is 12.6. The molecule has 0 atom stereocenters. The number of fused-ring (bicyclic) bond motifs is 1. The minimum absolute atomic E-state index is 0.205. The maximum Gasteiger partial charge on any atom is 0.223 e. The molecular formula is C14H10ClN5S. The van der Waals surface area contributed by atoms with Gasteiger partial charge in [0.15, 0.2) is 0 Å². The molecule has 104 valence electrons. The van der Waals surface area contributed by atoms with Gasteiger partial charge in [0, 0.05) is 4.88 Å². The summed E-state index contributed by atoms with van der Waals surface area (Å²) in [5.41, 5.74) is 6.91. The highest BCUT2D eigenvalue weighted by Crippen LogP contribution is 2.32. The first-order valence-corrected chi connectivity index (χ1v) is 7.26. The molecule has 0 spiro atoms. The van der Waals surface area contributed by atoms with Crippen LogP contribution in [0.2, 0.25) is 5.02 Å². The van der Waals surface area contributed by atoms with Gasteiger partial charge in [-0.1, -0.05) is 11.6 Å². The highest BCUT2D eigenvalue weighted by atomic mass is 35.5. The number of nitrogens with one attached hydrogen (secondary N) is 1. The first-order chi connectivity index (χ1) is 10.1. The number of aromatic nitrogens is 2. The molecule has 2 heterocycles. The Bertz CT molecular complexity index is 881. The summed E-state index contributed by atoms with van der Waals surface area (Å²) in [7, 11) is 0. The van der Waals surface area contributed by atoms with Crippen LogP contribution in [0.4, 0.5) is 17.5 Å². The average molecular weight is 316 g/mol. The molecule has 5 nitrogen and oxygen atoms in total. The third-order valence-electron chi connectivity index (χ3n) is 2.88. The molecule has 3 N–H and O–H groups in total. The van der Waals surface area contributed by atoms with Crippen molar-refractivity contribution in [3.8, 4) is 6.07 Å². The monoisotopic (exact) mass is 315 g/mol. The molecule has 2 aromatic heterocycles. The number of thiophene rings is 1. The second kappa shape index (κ2) is 5.20. The number of nitrogen functional groups attached to an aromatic ring is 1. The lowest BCUT2D eigenvalue weighted by Crippen LogP contribution is -2.00. The molecule has 1 aromatic carbocycles. The van der Waals surface area contributed by atoms with E-state index in [1.807, 2.05) is 19.1 Å². The lowest BCUT2D eigenvalue weighted by molar-refractivity contribution is 1.24. The van der Waals surface area contributed by atoms with Crippen molar-refractivity contribution in [1.29, 1.82) is 5.26 Å². The Morgan fingerprint density at radius 3 is 2.86 bits per heavy atom. The van der Waals surface area contributed by atoms with Crippen molar-refractivity contribution in [1.82, 2.24) is 9.97 Å². The number of aryl methyl sites for hydroxylation is 1. The molecule has 0 fully saturated rings. The molecule has 0 bridgehead atoms. The van der Waals surface area contributed by atoms with Crippen LogP contribution in [-0.2, 0) is 0 Å². The molecule has 21 heavy (non-hydrogen) atoms. The third-order valence-corrected chi connectivity index (χ3v) is 4.14. The number of benzene rings is 1. The molecule has 0 saturated carbocycles. The third kappa shape index (κ3) is 2.61. The number of nitrogens with zero attached hydrogens (tertiary/aromatic N) is 3.